The summed E-state index contributed by atoms with van der Waals surface area (Å²) in [6, 6.07) is 4.64. The van der Waals surface area contributed by atoms with Crippen molar-refractivity contribution >= 4 is 33.7 Å². The summed E-state index contributed by atoms with van der Waals surface area (Å²) in [7, 11) is -3.66. The van der Waals surface area contributed by atoms with Gasteiger partial charge in [0.2, 0.25) is 0 Å². The van der Waals surface area contributed by atoms with Crippen molar-refractivity contribution in [2.45, 2.75) is 17.7 Å². The Hall–Kier alpha value is -1.14. The quantitative estimate of drug-likeness (QED) is 0.801. The number of halogens is 2. The lowest BCUT2D eigenvalue weighted by atomic mass is 10.2. The number of alkyl halides is 1. The highest BCUT2D eigenvalue weighted by Gasteiger charge is 2.25. The highest BCUT2D eigenvalue weighted by Crippen LogP contribution is 2.32. The monoisotopic (exact) mass is 290 g/mol. The summed E-state index contributed by atoms with van der Waals surface area (Å²) < 4.78 is 39.1. The topological polar surface area (TPSA) is 49.7 Å². The minimum absolute atomic E-state index is 0.0951. The molecule has 0 unspecified atom stereocenters. The van der Waals surface area contributed by atoms with Crippen molar-refractivity contribution in [1.82, 2.24) is 0 Å². The zero-order valence-electron chi connectivity index (χ0n) is 9.51. The first kappa shape index (κ1) is 13.3. The highest BCUT2D eigenvalue weighted by atomic mass is 35.5. The molecule has 0 bridgehead atoms. The summed E-state index contributed by atoms with van der Waals surface area (Å²) in [4.78, 5) is 1.79. The summed E-state index contributed by atoms with van der Waals surface area (Å²) in [5.74, 6) is 0. The van der Waals surface area contributed by atoms with Crippen LogP contribution >= 0.6 is 11.6 Å². The molecule has 2 rings (SSSR count). The second kappa shape index (κ2) is 5.24. The van der Waals surface area contributed by atoms with E-state index in [2.05, 4.69) is 4.40 Å². The van der Waals surface area contributed by atoms with Crippen molar-refractivity contribution in [3.05, 3.63) is 23.2 Å². The lowest BCUT2D eigenvalue weighted by Gasteiger charge is -2.25. The number of anilines is 1. The van der Waals surface area contributed by atoms with Crippen LogP contribution in [0.25, 0.3) is 0 Å². The van der Waals surface area contributed by atoms with Crippen molar-refractivity contribution in [3.63, 3.8) is 0 Å². The maximum Gasteiger partial charge on any atom is 0.285 e. The number of benzene rings is 1. The summed E-state index contributed by atoms with van der Waals surface area (Å²) in [6.07, 6.45) is 2.34. The Morgan fingerprint density at radius 3 is 2.83 bits per heavy atom. The molecule has 0 amide bonds. The fraction of sp³-hybridized carbons (Fsp3) is 0.364. The Kier molecular flexibility index (Phi) is 3.87. The van der Waals surface area contributed by atoms with E-state index in [9.17, 15) is 12.8 Å². The Balaban J connectivity index is 2.33. The Morgan fingerprint density at radius 2 is 2.11 bits per heavy atom. The molecule has 1 aromatic carbocycles. The van der Waals surface area contributed by atoms with Gasteiger partial charge in [-0.15, -0.1) is 4.40 Å². The summed E-state index contributed by atoms with van der Waals surface area (Å²) in [6.45, 7) is 0.147. The predicted octanol–water partition coefficient (Wildman–Crippen LogP) is 2.63. The van der Waals surface area contributed by atoms with Gasteiger partial charge in [0.1, 0.15) is 11.2 Å². The van der Waals surface area contributed by atoms with Crippen LogP contribution in [0.2, 0.25) is 5.02 Å². The first-order valence-corrected chi connectivity index (χ1v) is 7.29. The third-order valence-corrected chi connectivity index (χ3v) is 4.11. The van der Waals surface area contributed by atoms with Crippen LogP contribution in [0.1, 0.15) is 12.8 Å². The summed E-state index contributed by atoms with van der Waals surface area (Å²) in [5, 5.41) is 0.345. The molecule has 0 N–H and O–H groups in total. The van der Waals surface area contributed by atoms with Crippen molar-refractivity contribution in [2.75, 3.05) is 18.1 Å². The van der Waals surface area contributed by atoms with Gasteiger partial charge < -0.3 is 4.90 Å². The number of hydrogen-bond acceptors (Lipinski definition) is 3. The fourth-order valence-electron chi connectivity index (χ4n) is 1.72. The largest absolute Gasteiger partial charge is 0.331 e. The molecular formula is C11H12ClFN2O2S. The molecule has 98 valence electrons. The van der Waals surface area contributed by atoms with Crippen LogP contribution < -0.4 is 4.90 Å². The van der Waals surface area contributed by atoms with Gasteiger partial charge in [0.25, 0.3) is 10.0 Å². The van der Waals surface area contributed by atoms with Gasteiger partial charge >= 0.3 is 0 Å². The van der Waals surface area contributed by atoms with Gasteiger partial charge in [-0.2, -0.15) is 8.42 Å². The molecule has 0 aromatic heterocycles. The van der Waals surface area contributed by atoms with Crippen molar-refractivity contribution in [1.29, 1.82) is 0 Å². The predicted molar refractivity (Wildman–Crippen MR) is 69.7 cm³/mol. The maximum absolute atomic E-state index is 12.1. The Bertz CT molecular complexity index is 574. The molecule has 1 aliphatic rings. The van der Waals surface area contributed by atoms with Crippen LogP contribution in [0.15, 0.2) is 27.5 Å². The van der Waals surface area contributed by atoms with E-state index < -0.39 is 10.0 Å². The first-order valence-electron chi connectivity index (χ1n) is 5.47. The Morgan fingerprint density at radius 1 is 1.33 bits per heavy atom. The van der Waals surface area contributed by atoms with Crippen molar-refractivity contribution < 1.29 is 12.8 Å². The van der Waals surface area contributed by atoms with Gasteiger partial charge in [0, 0.05) is 11.6 Å². The molecule has 1 heterocycles. The van der Waals surface area contributed by atoms with Crippen LogP contribution in [0.5, 0.6) is 0 Å². The van der Waals surface area contributed by atoms with E-state index in [0.717, 1.165) is 0 Å². The van der Waals surface area contributed by atoms with Crippen LogP contribution in [0, 0.1) is 0 Å². The molecule has 0 spiro atoms. The SMILES string of the molecule is O=S1(=O)N=CN(CCCCF)c2ccc(Cl)cc21. The molecule has 4 nitrogen and oxygen atoms in total. The standard InChI is InChI=1S/C11H12ClFN2O2S/c12-9-3-4-10-11(7-9)18(16,17)14-8-15(10)6-2-1-5-13/h3-4,7-8H,1-2,5-6H2. The Labute approximate surface area is 110 Å². The van der Waals surface area contributed by atoms with Gasteiger partial charge in [0.15, 0.2) is 0 Å². The van der Waals surface area contributed by atoms with E-state index >= 15 is 0 Å². The molecule has 0 aliphatic carbocycles. The molecule has 0 fully saturated rings. The normalized spacial score (nSPS) is 16.7. The molecule has 1 aromatic rings. The molecule has 0 saturated heterocycles. The second-order valence-electron chi connectivity index (χ2n) is 3.90. The number of unbranched alkanes of at least 4 members (excludes halogenated alkanes) is 1. The summed E-state index contributed by atoms with van der Waals surface area (Å²) >= 11 is 5.79. The zero-order chi connectivity index (χ0) is 13.2. The molecule has 0 saturated carbocycles. The van der Waals surface area contributed by atoms with E-state index in [1.165, 1.54) is 12.4 Å². The van der Waals surface area contributed by atoms with E-state index in [0.29, 0.717) is 30.1 Å². The van der Waals surface area contributed by atoms with Crippen LogP contribution in [0.4, 0.5) is 10.1 Å². The van der Waals surface area contributed by atoms with E-state index in [4.69, 9.17) is 11.6 Å². The van der Waals surface area contributed by atoms with E-state index in [-0.39, 0.29) is 11.6 Å². The second-order valence-corrected chi connectivity index (χ2v) is 5.93. The number of nitrogens with zero attached hydrogens (tertiary/aromatic N) is 2. The van der Waals surface area contributed by atoms with Gasteiger partial charge in [-0.3, -0.25) is 4.39 Å². The lowest BCUT2D eigenvalue weighted by Crippen LogP contribution is -2.28. The average Bonchev–Trinajstić information content (AvgIpc) is 2.33. The molecule has 7 heteroatoms. The van der Waals surface area contributed by atoms with Gasteiger partial charge in [-0.1, -0.05) is 11.6 Å². The number of fused-ring (bicyclic) bond motifs is 1. The van der Waals surface area contributed by atoms with Crippen LogP contribution in [-0.2, 0) is 10.0 Å². The molecular weight excluding hydrogens is 279 g/mol. The fourth-order valence-corrected chi connectivity index (χ4v) is 3.04. The third kappa shape index (κ3) is 2.64. The molecule has 0 radical (unpaired) electrons. The van der Waals surface area contributed by atoms with E-state index in [1.807, 2.05) is 0 Å². The number of rotatable bonds is 4. The molecule has 18 heavy (non-hydrogen) atoms. The molecule has 1 aliphatic heterocycles. The third-order valence-electron chi connectivity index (χ3n) is 2.62. The minimum Gasteiger partial charge on any atom is -0.331 e. The number of sulfonamides is 1. The zero-order valence-corrected chi connectivity index (χ0v) is 11.1. The first-order chi connectivity index (χ1) is 8.54. The number of hydrogen-bond donors (Lipinski definition) is 0. The smallest absolute Gasteiger partial charge is 0.285 e. The van der Waals surface area contributed by atoms with Crippen molar-refractivity contribution in [3.8, 4) is 0 Å². The minimum atomic E-state index is -3.66. The van der Waals surface area contributed by atoms with Crippen molar-refractivity contribution in [2.24, 2.45) is 4.40 Å². The van der Waals surface area contributed by atoms with Gasteiger partial charge in [0.05, 0.1) is 12.4 Å². The molecule has 0 atom stereocenters. The van der Waals surface area contributed by atoms with Crippen LogP contribution in [-0.4, -0.2) is 28.0 Å². The lowest BCUT2D eigenvalue weighted by molar-refractivity contribution is 0.464. The average molecular weight is 291 g/mol. The van der Waals surface area contributed by atoms with Gasteiger partial charge in [-0.25, -0.2) is 0 Å². The summed E-state index contributed by atoms with van der Waals surface area (Å²) in [5.41, 5.74) is 0.535. The maximum atomic E-state index is 12.1. The van der Waals surface area contributed by atoms with E-state index in [1.54, 1.807) is 17.0 Å². The highest BCUT2D eigenvalue weighted by molar-refractivity contribution is 7.90. The van der Waals surface area contributed by atoms with Gasteiger partial charge in [-0.05, 0) is 31.0 Å². The van der Waals surface area contributed by atoms with Crippen LogP contribution in [0.3, 0.4) is 0 Å².